The Hall–Kier alpha value is -0.630. The van der Waals surface area contributed by atoms with Gasteiger partial charge in [-0.1, -0.05) is 13.8 Å². The van der Waals surface area contributed by atoms with Crippen molar-refractivity contribution in [2.24, 2.45) is 5.73 Å². The fraction of sp³-hybridized carbons (Fsp3) is 0.917. The van der Waals surface area contributed by atoms with E-state index in [9.17, 15) is 0 Å². The van der Waals surface area contributed by atoms with Gasteiger partial charge in [-0.2, -0.15) is 5.26 Å². The monoisotopic (exact) mass is 227 g/mol. The molecule has 0 bridgehead atoms. The van der Waals surface area contributed by atoms with Crippen LogP contribution in [0.1, 0.15) is 33.1 Å². The minimum Gasteiger partial charge on any atom is -0.383 e. The molecule has 16 heavy (non-hydrogen) atoms. The van der Waals surface area contributed by atoms with E-state index in [1.807, 2.05) is 0 Å². The lowest BCUT2D eigenvalue weighted by molar-refractivity contribution is 0.114. The summed E-state index contributed by atoms with van der Waals surface area (Å²) in [5.74, 6) is 0. The van der Waals surface area contributed by atoms with E-state index in [0.29, 0.717) is 6.04 Å². The van der Waals surface area contributed by atoms with Gasteiger partial charge in [-0.3, -0.25) is 4.90 Å². The van der Waals surface area contributed by atoms with Crippen molar-refractivity contribution in [1.29, 1.82) is 5.26 Å². The third-order valence-corrected chi connectivity index (χ3v) is 2.93. The Balaban J connectivity index is 4.14. The fourth-order valence-corrected chi connectivity index (χ4v) is 1.86. The first-order valence-corrected chi connectivity index (χ1v) is 6.07. The Morgan fingerprint density at radius 2 is 1.94 bits per heavy atom. The molecule has 0 amide bonds. The Kier molecular flexibility index (Phi) is 9.21. The number of nitrogens with zero attached hydrogens (tertiary/aromatic N) is 2. The summed E-state index contributed by atoms with van der Waals surface area (Å²) in [5.41, 5.74) is 5.61. The van der Waals surface area contributed by atoms with Crippen LogP contribution in [-0.2, 0) is 4.74 Å². The zero-order valence-electron chi connectivity index (χ0n) is 10.8. The molecule has 0 aromatic rings. The van der Waals surface area contributed by atoms with Gasteiger partial charge in [-0.25, -0.2) is 0 Å². The van der Waals surface area contributed by atoms with E-state index in [-0.39, 0.29) is 6.04 Å². The number of methoxy groups -OCH3 is 1. The molecule has 0 aliphatic carbocycles. The van der Waals surface area contributed by atoms with E-state index in [1.165, 1.54) is 0 Å². The van der Waals surface area contributed by atoms with Crippen molar-refractivity contribution in [3.8, 4) is 6.07 Å². The summed E-state index contributed by atoms with van der Waals surface area (Å²) in [7, 11) is 1.71. The van der Waals surface area contributed by atoms with E-state index < -0.39 is 0 Å². The quantitative estimate of drug-likeness (QED) is 0.646. The van der Waals surface area contributed by atoms with E-state index >= 15 is 0 Å². The highest BCUT2D eigenvalue weighted by molar-refractivity contribution is 4.87. The zero-order valence-corrected chi connectivity index (χ0v) is 10.8. The number of rotatable bonds is 9. The van der Waals surface area contributed by atoms with Crippen LogP contribution in [-0.4, -0.2) is 43.8 Å². The van der Waals surface area contributed by atoms with Crippen molar-refractivity contribution in [3.05, 3.63) is 0 Å². The smallest absolute Gasteiger partial charge is 0.0940 e. The molecule has 0 radical (unpaired) electrons. The van der Waals surface area contributed by atoms with Gasteiger partial charge in [0.15, 0.2) is 0 Å². The van der Waals surface area contributed by atoms with Crippen molar-refractivity contribution in [2.75, 3.05) is 26.8 Å². The summed E-state index contributed by atoms with van der Waals surface area (Å²) in [6.07, 6.45) is 2.99. The lowest BCUT2D eigenvalue weighted by Gasteiger charge is -2.30. The van der Waals surface area contributed by atoms with Crippen LogP contribution in [0.5, 0.6) is 0 Å². The number of ether oxygens (including phenoxy) is 1. The number of hydrogen-bond donors (Lipinski definition) is 1. The highest BCUT2D eigenvalue weighted by Crippen LogP contribution is 2.09. The van der Waals surface area contributed by atoms with Crippen molar-refractivity contribution in [2.45, 2.75) is 45.2 Å². The number of nitriles is 1. The molecule has 0 aromatic heterocycles. The summed E-state index contributed by atoms with van der Waals surface area (Å²) < 4.78 is 5.11. The minimum absolute atomic E-state index is 0.348. The molecule has 4 heteroatoms. The maximum atomic E-state index is 8.66. The van der Waals surface area contributed by atoms with Crippen LogP contribution in [0.25, 0.3) is 0 Å². The second-order valence-electron chi connectivity index (χ2n) is 4.02. The Morgan fingerprint density at radius 3 is 2.38 bits per heavy atom. The molecule has 1 atom stereocenters. The maximum absolute atomic E-state index is 8.66. The molecule has 0 spiro atoms. The van der Waals surface area contributed by atoms with Crippen LogP contribution in [0.2, 0.25) is 0 Å². The average molecular weight is 227 g/mol. The number of nitrogens with two attached hydrogens (primary N) is 1. The summed E-state index contributed by atoms with van der Waals surface area (Å²) in [6.45, 7) is 6.92. The van der Waals surface area contributed by atoms with Gasteiger partial charge >= 0.3 is 0 Å². The molecule has 0 aliphatic heterocycles. The predicted molar refractivity (Wildman–Crippen MR) is 66.0 cm³/mol. The molecule has 94 valence electrons. The zero-order chi connectivity index (χ0) is 12.4. The molecule has 0 saturated carbocycles. The van der Waals surface area contributed by atoms with Crippen molar-refractivity contribution >= 4 is 0 Å². The van der Waals surface area contributed by atoms with E-state index in [0.717, 1.165) is 39.0 Å². The van der Waals surface area contributed by atoms with Crippen LogP contribution in [0, 0.1) is 11.3 Å². The van der Waals surface area contributed by atoms with E-state index in [1.54, 1.807) is 7.11 Å². The van der Waals surface area contributed by atoms with Gasteiger partial charge in [0.05, 0.1) is 18.7 Å². The third-order valence-electron chi connectivity index (χ3n) is 2.93. The summed E-state index contributed by atoms with van der Waals surface area (Å²) in [6, 6.07) is 2.29. The fourth-order valence-electron chi connectivity index (χ4n) is 1.86. The Morgan fingerprint density at radius 1 is 1.31 bits per heavy atom. The van der Waals surface area contributed by atoms with Crippen molar-refractivity contribution in [3.63, 3.8) is 0 Å². The molecular formula is C12H25N3O. The van der Waals surface area contributed by atoms with Gasteiger partial charge in [-0.05, 0) is 19.3 Å². The third kappa shape index (κ3) is 6.06. The Labute approximate surface area is 99.4 Å². The predicted octanol–water partition coefficient (Wildman–Crippen LogP) is 1.36. The van der Waals surface area contributed by atoms with Gasteiger partial charge in [0, 0.05) is 26.2 Å². The standard InChI is InChI=1S/C12H25N3O/c1-4-12(5-2)15(8-9-16-3)7-6-11(14)10-13/h11-12H,4-9,14H2,1-3H3. The molecule has 4 nitrogen and oxygen atoms in total. The molecule has 2 N–H and O–H groups in total. The van der Waals surface area contributed by atoms with Crippen molar-refractivity contribution in [1.82, 2.24) is 4.90 Å². The normalized spacial score (nSPS) is 13.1. The second kappa shape index (κ2) is 9.59. The Bertz CT molecular complexity index is 199. The van der Waals surface area contributed by atoms with E-state index in [2.05, 4.69) is 24.8 Å². The lowest BCUT2D eigenvalue weighted by atomic mass is 10.1. The molecule has 0 aromatic carbocycles. The molecule has 0 rings (SSSR count). The van der Waals surface area contributed by atoms with Gasteiger partial charge in [-0.15, -0.1) is 0 Å². The highest BCUT2D eigenvalue weighted by Gasteiger charge is 2.15. The van der Waals surface area contributed by atoms with Crippen LogP contribution in [0.4, 0.5) is 0 Å². The van der Waals surface area contributed by atoms with Gasteiger partial charge < -0.3 is 10.5 Å². The topological polar surface area (TPSA) is 62.3 Å². The molecule has 0 aliphatic rings. The molecular weight excluding hydrogens is 202 g/mol. The molecule has 0 fully saturated rings. The van der Waals surface area contributed by atoms with Gasteiger partial charge in [0.1, 0.15) is 0 Å². The summed E-state index contributed by atoms with van der Waals surface area (Å²) in [4.78, 5) is 2.38. The first kappa shape index (κ1) is 15.4. The summed E-state index contributed by atoms with van der Waals surface area (Å²) >= 11 is 0. The highest BCUT2D eigenvalue weighted by atomic mass is 16.5. The molecule has 1 unspecified atom stereocenters. The summed E-state index contributed by atoms with van der Waals surface area (Å²) in [5, 5.41) is 8.66. The van der Waals surface area contributed by atoms with E-state index in [4.69, 9.17) is 15.7 Å². The first-order valence-electron chi connectivity index (χ1n) is 6.07. The first-order chi connectivity index (χ1) is 7.69. The van der Waals surface area contributed by atoms with Crippen LogP contribution in [0.3, 0.4) is 0 Å². The van der Waals surface area contributed by atoms with Crippen LogP contribution < -0.4 is 5.73 Å². The van der Waals surface area contributed by atoms with Gasteiger partial charge in [0.25, 0.3) is 0 Å². The largest absolute Gasteiger partial charge is 0.383 e. The minimum atomic E-state index is -0.348. The maximum Gasteiger partial charge on any atom is 0.0940 e. The van der Waals surface area contributed by atoms with Gasteiger partial charge in [0.2, 0.25) is 0 Å². The molecule has 0 heterocycles. The second-order valence-corrected chi connectivity index (χ2v) is 4.02. The SMILES string of the molecule is CCC(CC)N(CCOC)CCC(N)C#N. The van der Waals surface area contributed by atoms with Crippen LogP contribution in [0.15, 0.2) is 0 Å². The molecule has 0 saturated heterocycles. The lowest BCUT2D eigenvalue weighted by Crippen LogP contribution is -2.39. The number of hydrogen-bond acceptors (Lipinski definition) is 4. The average Bonchev–Trinajstić information content (AvgIpc) is 2.32. The van der Waals surface area contributed by atoms with Crippen LogP contribution >= 0.6 is 0 Å². The van der Waals surface area contributed by atoms with Crippen molar-refractivity contribution < 1.29 is 4.74 Å².